The third kappa shape index (κ3) is 8.87. The Labute approximate surface area is 333 Å². The molecule has 0 radical (unpaired) electrons. The highest BCUT2D eigenvalue weighted by molar-refractivity contribution is 8.34. The van der Waals surface area contributed by atoms with Crippen molar-refractivity contribution < 1.29 is 14.7 Å². The number of benzene rings is 1. The van der Waals surface area contributed by atoms with Gasteiger partial charge >= 0.3 is 5.97 Å². The first-order valence-corrected chi connectivity index (χ1v) is 22.6. The molecule has 1 aromatic carbocycles. The van der Waals surface area contributed by atoms with E-state index in [0.29, 0.717) is 39.9 Å². The van der Waals surface area contributed by atoms with Gasteiger partial charge in [0.15, 0.2) is 0 Å². The highest BCUT2D eigenvalue weighted by Gasteiger charge is 2.68. The predicted molar refractivity (Wildman–Crippen MR) is 238 cm³/mol. The molecule has 5 heteroatoms. The summed E-state index contributed by atoms with van der Waals surface area (Å²) in [5.74, 6) is 2.82. The molecule has 2 heterocycles. The minimum Gasteiger partial charge on any atom is -0.478 e. The van der Waals surface area contributed by atoms with Crippen LogP contribution in [0.4, 0.5) is 0 Å². The third-order valence-electron chi connectivity index (χ3n) is 14.0. The topological polar surface area (TPSA) is 66.4 Å². The molecule has 5 unspecified atom stereocenters. The van der Waals surface area contributed by atoms with Crippen LogP contribution in [-0.4, -0.2) is 46.0 Å². The molecule has 8 atom stereocenters. The number of terminal acetylenes is 3. The number of carboxylic acids is 1. The van der Waals surface area contributed by atoms with Gasteiger partial charge in [0.1, 0.15) is 0 Å². The molecule has 300 valence electrons. The minimum atomic E-state index is -0.916. The summed E-state index contributed by atoms with van der Waals surface area (Å²) in [5.41, 5.74) is 3.48. The summed E-state index contributed by atoms with van der Waals surface area (Å²) >= 11 is 0. The molecule has 2 aliphatic heterocycles. The minimum absolute atomic E-state index is 0.0356. The van der Waals surface area contributed by atoms with Crippen molar-refractivity contribution in [2.45, 2.75) is 137 Å². The summed E-state index contributed by atoms with van der Waals surface area (Å²) in [6.45, 7) is 24.8. The number of hydrogen-bond donors (Lipinski definition) is 2. The number of fused-ring (bicyclic) bond motifs is 7. The van der Waals surface area contributed by atoms with E-state index in [1.165, 1.54) is 55.4 Å². The smallest absolute Gasteiger partial charge is 0.335 e. The first-order valence-electron chi connectivity index (χ1n) is 20.2. The van der Waals surface area contributed by atoms with Crippen LogP contribution in [0, 0.1) is 78.0 Å². The zero-order chi connectivity index (χ0) is 41.7. The van der Waals surface area contributed by atoms with Crippen molar-refractivity contribution in [3.63, 3.8) is 0 Å². The van der Waals surface area contributed by atoms with Crippen molar-refractivity contribution in [3.8, 4) is 38.5 Å². The summed E-state index contributed by atoms with van der Waals surface area (Å²) in [6, 6.07) is 7.58. The van der Waals surface area contributed by atoms with Crippen molar-refractivity contribution in [1.29, 1.82) is 0 Å². The van der Waals surface area contributed by atoms with Crippen LogP contribution in [0.25, 0.3) is 5.57 Å². The molecule has 54 heavy (non-hydrogen) atoms. The lowest BCUT2D eigenvalue weighted by molar-refractivity contribution is -0.132. The number of carboxylic acid groups (broad SMARTS) is 1. The van der Waals surface area contributed by atoms with Gasteiger partial charge in [-0.2, -0.15) is 0 Å². The van der Waals surface area contributed by atoms with Gasteiger partial charge in [0.2, 0.25) is 5.91 Å². The van der Waals surface area contributed by atoms with E-state index in [-0.39, 0.29) is 16.2 Å². The molecule has 0 aromatic heterocycles. The largest absolute Gasteiger partial charge is 0.478 e. The van der Waals surface area contributed by atoms with E-state index in [4.69, 9.17) is 0 Å². The lowest BCUT2D eigenvalue weighted by Crippen LogP contribution is -2.64. The lowest BCUT2D eigenvalue weighted by Gasteiger charge is -2.72. The summed E-state index contributed by atoms with van der Waals surface area (Å²) < 4.78 is 0. The molecule has 1 aromatic rings. The molecule has 5 aliphatic rings. The van der Waals surface area contributed by atoms with Gasteiger partial charge in [0.25, 0.3) is 0 Å². The van der Waals surface area contributed by atoms with Crippen LogP contribution in [0.2, 0.25) is 0 Å². The number of rotatable bonds is 6. The Morgan fingerprint density at radius 2 is 1.46 bits per heavy atom. The molecule has 1 amide bonds. The van der Waals surface area contributed by atoms with Gasteiger partial charge in [-0.15, -0.1) is 45.1 Å². The van der Waals surface area contributed by atoms with E-state index in [1.54, 1.807) is 18.2 Å². The Kier molecular flexibility index (Phi) is 18.5. The van der Waals surface area contributed by atoms with Gasteiger partial charge in [-0.25, -0.2) is 14.8 Å². The molecular formula is C49H75NO3S. The number of allylic oxidation sites excluding steroid dienone is 3. The van der Waals surface area contributed by atoms with Gasteiger partial charge in [-0.3, -0.25) is 4.79 Å². The van der Waals surface area contributed by atoms with Crippen LogP contribution in [0.1, 0.15) is 142 Å². The Balaban J connectivity index is 0.00000121. The number of amides is 1. The maximum Gasteiger partial charge on any atom is 0.335 e. The van der Waals surface area contributed by atoms with Crippen molar-refractivity contribution >= 4 is 27.5 Å². The monoisotopic (exact) mass is 758 g/mol. The quantitative estimate of drug-likeness (QED) is 0.224. The van der Waals surface area contributed by atoms with Crippen LogP contribution in [0.3, 0.4) is 0 Å². The Bertz CT molecular complexity index is 1470. The molecule has 2 N–H and O–H groups in total. The lowest BCUT2D eigenvalue weighted by atomic mass is 9.42. The Morgan fingerprint density at radius 1 is 0.889 bits per heavy atom. The summed E-state index contributed by atoms with van der Waals surface area (Å²) in [6.07, 6.45) is 43.0. The van der Waals surface area contributed by atoms with Crippen LogP contribution < -0.4 is 5.32 Å². The van der Waals surface area contributed by atoms with Gasteiger partial charge in [-0.1, -0.05) is 86.1 Å². The molecular weight excluding hydrogens is 683 g/mol. The highest BCUT2D eigenvalue weighted by atomic mass is 32.3. The van der Waals surface area contributed by atoms with E-state index >= 15 is 0 Å². The van der Waals surface area contributed by atoms with Crippen LogP contribution in [0.15, 0.2) is 43.0 Å². The average molecular weight is 758 g/mol. The number of hydrogen-bond acceptors (Lipinski definition) is 2. The van der Waals surface area contributed by atoms with Gasteiger partial charge in [0.05, 0.1) is 11.0 Å². The standard InChI is InChI=1S/C38H57NO3S.C3H6.C2H6.3C2H2/c1-25(2)17-23-39-34(42)38-19-8-9-32(38)43(7)24-18-30-36(5)20-14-28(26-10-12-27(13-11-26)33(40)41)35(3,4)29(36)15-21-37(30,6)31(43)16-22-38;1-3-2;4*1-2/h10-14,25,29-32H,8-9,15-24H2,1-7H3,(H,39,42)(H,40,41);3H,1H2,2H3;1-2H3;3*1-2H/t29?,30?,31?,32?,36-,37+,38-;;;;;/m0...../s1. The van der Waals surface area contributed by atoms with E-state index in [0.717, 1.165) is 37.5 Å². The highest BCUT2D eigenvalue weighted by Crippen LogP contribution is 2.80. The normalized spacial score (nSPS) is 34.6. The predicted octanol–water partition coefficient (Wildman–Crippen LogP) is 11.9. The fraction of sp³-hybridized carbons (Fsp3) is 0.633. The number of nitrogens with one attached hydrogen (secondary N) is 1. The van der Waals surface area contributed by atoms with E-state index in [9.17, 15) is 14.7 Å². The van der Waals surface area contributed by atoms with Crippen molar-refractivity contribution in [2.24, 2.45) is 39.4 Å². The molecule has 0 bridgehead atoms. The first-order chi connectivity index (χ1) is 25.6. The Morgan fingerprint density at radius 3 is 2.00 bits per heavy atom. The van der Waals surface area contributed by atoms with Crippen molar-refractivity contribution in [1.82, 2.24) is 5.32 Å². The molecule has 3 aliphatic carbocycles. The number of carbonyl (C=O) groups is 2. The van der Waals surface area contributed by atoms with Gasteiger partial charge < -0.3 is 10.4 Å². The molecule has 2 saturated carbocycles. The van der Waals surface area contributed by atoms with E-state index in [1.807, 2.05) is 32.9 Å². The van der Waals surface area contributed by atoms with Crippen LogP contribution in [-0.2, 0) is 4.79 Å². The van der Waals surface area contributed by atoms with Crippen molar-refractivity contribution in [3.05, 3.63) is 54.1 Å². The van der Waals surface area contributed by atoms with Crippen molar-refractivity contribution in [2.75, 3.05) is 18.6 Å². The second-order valence-corrected chi connectivity index (χ2v) is 21.2. The number of aromatic carboxylic acids is 1. The average Bonchev–Trinajstić information content (AvgIpc) is 3.62. The molecule has 2 saturated heterocycles. The van der Waals surface area contributed by atoms with Crippen LogP contribution >= 0.6 is 10.0 Å². The first kappa shape index (κ1) is 48.7. The Hall–Kier alpha value is -3.33. The molecule has 4 fully saturated rings. The van der Waals surface area contributed by atoms with Gasteiger partial charge in [0, 0.05) is 11.8 Å². The molecule has 6 rings (SSSR count). The fourth-order valence-corrected chi connectivity index (χ4v) is 18.1. The summed E-state index contributed by atoms with van der Waals surface area (Å²) in [7, 11) is -0.916. The molecule has 0 spiro atoms. The number of carbonyl (C=O) groups excluding carboxylic acids is 1. The second-order valence-electron chi connectivity index (χ2n) is 17.2. The van der Waals surface area contributed by atoms with E-state index in [2.05, 4.69) is 104 Å². The molecule has 4 nitrogen and oxygen atoms in total. The maximum absolute atomic E-state index is 13.9. The zero-order valence-corrected chi connectivity index (χ0v) is 36.5. The van der Waals surface area contributed by atoms with E-state index < -0.39 is 16.0 Å². The fourth-order valence-electron chi connectivity index (χ4n) is 12.1. The summed E-state index contributed by atoms with van der Waals surface area (Å²) in [5, 5.41) is 14.2. The summed E-state index contributed by atoms with van der Waals surface area (Å²) in [4.78, 5) is 25.4. The van der Waals surface area contributed by atoms with Gasteiger partial charge in [-0.05, 0) is 139 Å². The SMILES string of the molecule is C#C.C#C.C#C.C=CC.CC.CC(C)CCNC(=O)[C@]12CCCC1S1(C)CCC3[C@@]4(C)CC=C(c5ccc(C(=O)O)cc5)C(C)(C)C4CC[C@@]3(C)C1CC2. The maximum atomic E-state index is 13.9. The van der Waals surface area contributed by atoms with Crippen LogP contribution in [0.5, 0.6) is 0 Å². The zero-order valence-electron chi connectivity index (χ0n) is 35.7. The second kappa shape index (κ2) is 20.5. The third-order valence-corrected chi connectivity index (χ3v) is 19.2.